The number of rotatable bonds is 7. The molecule has 182 valence electrons. The molecule has 0 bridgehead atoms. The van der Waals surface area contributed by atoms with Gasteiger partial charge in [-0.1, -0.05) is 52.2 Å². The van der Waals surface area contributed by atoms with E-state index in [1.807, 2.05) is 13.8 Å². The first-order valence-corrected chi connectivity index (χ1v) is 12.4. The number of H-pyrrole nitrogens is 1. The lowest BCUT2D eigenvalue weighted by atomic mass is 9.93. The molecule has 0 atom stereocenters. The van der Waals surface area contributed by atoms with Gasteiger partial charge >= 0.3 is 5.69 Å². The van der Waals surface area contributed by atoms with Crippen LogP contribution >= 0.6 is 0 Å². The van der Waals surface area contributed by atoms with Gasteiger partial charge in [0.05, 0.1) is 12.1 Å². The smallest absolute Gasteiger partial charge is 0.343 e. The molecule has 1 aromatic heterocycles. The summed E-state index contributed by atoms with van der Waals surface area (Å²) in [5.74, 6) is 0.330. The van der Waals surface area contributed by atoms with Gasteiger partial charge in [-0.2, -0.15) is 5.10 Å². The molecule has 1 aliphatic rings. The molecule has 3 N–H and O–H groups in total. The summed E-state index contributed by atoms with van der Waals surface area (Å²) in [6.07, 6.45) is 7.31. The molecule has 0 aliphatic heterocycles. The second-order valence-corrected chi connectivity index (χ2v) is 9.74. The largest absolute Gasteiger partial charge is 0.508 e. The Hall–Kier alpha value is -3.22. The molecule has 2 aromatic carbocycles. The van der Waals surface area contributed by atoms with Gasteiger partial charge < -0.3 is 15.1 Å². The van der Waals surface area contributed by atoms with Gasteiger partial charge in [0.2, 0.25) is 0 Å². The third-order valence-electron chi connectivity index (χ3n) is 7.13. The molecule has 1 heterocycles. The molecule has 7 heteroatoms. The highest BCUT2D eigenvalue weighted by molar-refractivity contribution is 5.67. The Balaban J connectivity index is 1.67. The lowest BCUT2D eigenvalue weighted by molar-refractivity contribution is 0.427. The summed E-state index contributed by atoms with van der Waals surface area (Å²) in [7, 11) is 2.20. The molecular formula is C27H36N4O3. The van der Waals surface area contributed by atoms with E-state index in [2.05, 4.69) is 47.3 Å². The van der Waals surface area contributed by atoms with Gasteiger partial charge in [0, 0.05) is 24.8 Å². The predicted octanol–water partition coefficient (Wildman–Crippen LogP) is 5.15. The third-order valence-corrected chi connectivity index (χ3v) is 7.13. The van der Waals surface area contributed by atoms with Crippen molar-refractivity contribution < 1.29 is 10.2 Å². The number of nitrogens with one attached hydrogen (secondary N) is 1. The number of nitrogens with zero attached hydrogens (tertiary/aromatic N) is 3. The number of aryl methyl sites for hydroxylation is 1. The number of hydrogen-bond acceptors (Lipinski definition) is 5. The Kier molecular flexibility index (Phi) is 7.00. The number of anilines is 1. The standard InChI is InChI=1S/C27H36N4O3/c1-5-19-13-18(11-12-23(19)30(4)20-9-7-6-8-10-20)16-31-26(28-29-27(31)34)22-14-21(17(2)3)24(32)15-25(22)33/h11-15,17,20,32-33H,5-10,16H2,1-4H3,(H,29,34). The number of aromatic hydroxyl groups is 2. The average molecular weight is 465 g/mol. The number of phenolic OH excluding ortho intramolecular Hbond substituents is 2. The van der Waals surface area contributed by atoms with Crippen molar-refractivity contribution >= 4 is 5.69 Å². The van der Waals surface area contributed by atoms with E-state index in [-0.39, 0.29) is 23.1 Å². The Morgan fingerprint density at radius 3 is 2.53 bits per heavy atom. The van der Waals surface area contributed by atoms with E-state index >= 15 is 0 Å². The zero-order valence-corrected chi connectivity index (χ0v) is 20.6. The Morgan fingerprint density at radius 2 is 1.85 bits per heavy atom. The molecule has 1 fully saturated rings. The van der Waals surface area contributed by atoms with Crippen molar-refractivity contribution in [2.45, 2.75) is 77.8 Å². The summed E-state index contributed by atoms with van der Waals surface area (Å²) in [6.45, 7) is 6.43. The van der Waals surface area contributed by atoms with Crippen LogP contribution in [0.1, 0.15) is 75.5 Å². The summed E-state index contributed by atoms with van der Waals surface area (Å²) in [4.78, 5) is 15.1. The van der Waals surface area contributed by atoms with E-state index in [4.69, 9.17) is 0 Å². The van der Waals surface area contributed by atoms with Crippen LogP contribution in [0.25, 0.3) is 11.4 Å². The molecule has 0 unspecified atom stereocenters. The van der Waals surface area contributed by atoms with E-state index in [9.17, 15) is 15.0 Å². The van der Waals surface area contributed by atoms with Crippen LogP contribution in [-0.4, -0.2) is 38.1 Å². The monoisotopic (exact) mass is 464 g/mol. The van der Waals surface area contributed by atoms with Crippen molar-refractivity contribution in [2.24, 2.45) is 0 Å². The Bertz CT molecular complexity index is 1210. The molecule has 1 saturated carbocycles. The molecule has 0 saturated heterocycles. The summed E-state index contributed by atoms with van der Waals surface area (Å²) in [5, 5.41) is 27.4. The van der Waals surface area contributed by atoms with E-state index in [0.717, 1.165) is 12.0 Å². The van der Waals surface area contributed by atoms with Gasteiger partial charge in [-0.15, -0.1) is 0 Å². The van der Waals surface area contributed by atoms with Crippen LogP contribution in [0.4, 0.5) is 5.69 Å². The van der Waals surface area contributed by atoms with Crippen molar-refractivity contribution in [2.75, 3.05) is 11.9 Å². The van der Waals surface area contributed by atoms with Gasteiger partial charge in [0.15, 0.2) is 5.82 Å². The van der Waals surface area contributed by atoms with Crippen LogP contribution in [0.3, 0.4) is 0 Å². The second kappa shape index (κ2) is 9.95. The Labute approximate surface area is 201 Å². The highest BCUT2D eigenvalue weighted by Gasteiger charge is 2.21. The molecular weight excluding hydrogens is 428 g/mol. The zero-order valence-electron chi connectivity index (χ0n) is 20.6. The van der Waals surface area contributed by atoms with E-state index in [1.54, 1.807) is 6.07 Å². The maximum atomic E-state index is 12.7. The lowest BCUT2D eigenvalue weighted by Gasteiger charge is -2.34. The van der Waals surface area contributed by atoms with Crippen molar-refractivity contribution in [3.05, 3.63) is 57.5 Å². The van der Waals surface area contributed by atoms with Crippen LogP contribution in [0, 0.1) is 0 Å². The van der Waals surface area contributed by atoms with Gasteiger partial charge in [-0.3, -0.25) is 4.57 Å². The minimum atomic E-state index is -0.338. The van der Waals surface area contributed by atoms with Crippen LogP contribution < -0.4 is 10.6 Å². The molecule has 3 aromatic rings. The quantitative estimate of drug-likeness (QED) is 0.449. The minimum absolute atomic E-state index is 0.0333. The third kappa shape index (κ3) is 4.69. The van der Waals surface area contributed by atoms with Crippen molar-refractivity contribution in [1.82, 2.24) is 14.8 Å². The maximum Gasteiger partial charge on any atom is 0.343 e. The SMILES string of the molecule is CCc1cc(Cn2c(-c3cc(C(C)C)c(O)cc3O)n[nH]c2=O)ccc1N(C)C1CCCCC1. The first kappa shape index (κ1) is 23.9. The minimum Gasteiger partial charge on any atom is -0.508 e. The van der Waals surface area contributed by atoms with Crippen LogP contribution in [0.5, 0.6) is 11.5 Å². The summed E-state index contributed by atoms with van der Waals surface area (Å²) >= 11 is 0. The first-order valence-electron chi connectivity index (χ1n) is 12.4. The zero-order chi connectivity index (χ0) is 24.4. The fourth-order valence-electron chi connectivity index (χ4n) is 5.12. The predicted molar refractivity (Wildman–Crippen MR) is 136 cm³/mol. The summed E-state index contributed by atoms with van der Waals surface area (Å²) in [5.41, 5.74) is 4.30. The molecule has 0 radical (unpaired) electrons. The number of aromatic nitrogens is 3. The molecule has 7 nitrogen and oxygen atoms in total. The number of hydrogen-bond donors (Lipinski definition) is 3. The average Bonchev–Trinajstić information content (AvgIpc) is 3.18. The van der Waals surface area contributed by atoms with E-state index in [0.29, 0.717) is 29.5 Å². The van der Waals surface area contributed by atoms with Crippen LogP contribution in [0.15, 0.2) is 35.1 Å². The van der Waals surface area contributed by atoms with E-state index < -0.39 is 0 Å². The van der Waals surface area contributed by atoms with Crippen LogP contribution in [-0.2, 0) is 13.0 Å². The first-order chi connectivity index (χ1) is 16.3. The highest BCUT2D eigenvalue weighted by atomic mass is 16.3. The fraction of sp³-hybridized carbons (Fsp3) is 0.481. The number of benzene rings is 2. The maximum absolute atomic E-state index is 12.7. The van der Waals surface area contributed by atoms with Crippen LogP contribution in [0.2, 0.25) is 0 Å². The molecule has 0 amide bonds. The number of aromatic amines is 1. The highest BCUT2D eigenvalue weighted by Crippen LogP contribution is 2.37. The van der Waals surface area contributed by atoms with Gasteiger partial charge in [-0.25, -0.2) is 9.89 Å². The van der Waals surface area contributed by atoms with Gasteiger partial charge in [-0.05, 0) is 54.0 Å². The molecule has 4 rings (SSSR count). The summed E-state index contributed by atoms with van der Waals surface area (Å²) in [6, 6.07) is 10.0. The van der Waals surface area contributed by atoms with E-state index in [1.165, 1.54) is 54.0 Å². The van der Waals surface area contributed by atoms with Crippen molar-refractivity contribution in [1.29, 1.82) is 0 Å². The van der Waals surface area contributed by atoms with Gasteiger partial charge in [0.1, 0.15) is 11.5 Å². The van der Waals surface area contributed by atoms with Gasteiger partial charge in [0.25, 0.3) is 0 Å². The lowest BCUT2D eigenvalue weighted by Crippen LogP contribution is -2.34. The molecule has 34 heavy (non-hydrogen) atoms. The second-order valence-electron chi connectivity index (χ2n) is 9.74. The van der Waals surface area contributed by atoms with Crippen molar-refractivity contribution in [3.8, 4) is 22.9 Å². The molecule has 0 spiro atoms. The molecule has 1 aliphatic carbocycles. The normalized spacial score (nSPS) is 14.6. The number of phenols is 2. The topological polar surface area (TPSA) is 94.4 Å². The summed E-state index contributed by atoms with van der Waals surface area (Å²) < 4.78 is 1.54. The Morgan fingerprint density at radius 1 is 1.12 bits per heavy atom. The fourth-order valence-corrected chi connectivity index (χ4v) is 5.12. The van der Waals surface area contributed by atoms with Crippen molar-refractivity contribution in [3.63, 3.8) is 0 Å².